The highest BCUT2D eigenvalue weighted by Gasteiger charge is 2.12. The molecule has 0 spiro atoms. The number of nitrogens with zero attached hydrogens (tertiary/aromatic N) is 3. The number of aromatic carboxylic acids is 1. The third-order valence-electron chi connectivity index (χ3n) is 2.51. The fourth-order valence-corrected chi connectivity index (χ4v) is 4.79. The van der Waals surface area contributed by atoms with Crippen LogP contribution in [-0.2, 0) is 11.3 Å². The predicted octanol–water partition coefficient (Wildman–Crippen LogP) is 3.14. The molecule has 3 aromatic rings. The number of aromatic nitrogens is 3. The second-order valence-corrected chi connectivity index (χ2v) is 7.55. The van der Waals surface area contributed by atoms with Crippen molar-refractivity contribution in [3.63, 3.8) is 0 Å². The van der Waals surface area contributed by atoms with E-state index in [1.807, 2.05) is 0 Å². The van der Waals surface area contributed by atoms with Crippen molar-refractivity contribution in [1.82, 2.24) is 15.2 Å². The molecule has 9 heteroatoms. The van der Waals surface area contributed by atoms with Crippen LogP contribution < -0.4 is 0 Å². The van der Waals surface area contributed by atoms with Crippen molar-refractivity contribution < 1.29 is 14.6 Å². The summed E-state index contributed by atoms with van der Waals surface area (Å²) >= 11 is 4.32. The van der Waals surface area contributed by atoms with Crippen LogP contribution in [0, 0.1) is 0 Å². The molecule has 0 aliphatic carbocycles. The van der Waals surface area contributed by atoms with Crippen molar-refractivity contribution in [1.29, 1.82) is 0 Å². The number of fused-ring (bicyclic) bond motifs is 1. The van der Waals surface area contributed by atoms with Gasteiger partial charge in [0.2, 0.25) is 0 Å². The number of carbonyl (C=O) groups is 1. The molecule has 0 bridgehead atoms. The van der Waals surface area contributed by atoms with Crippen LogP contribution in [0.25, 0.3) is 10.2 Å². The van der Waals surface area contributed by atoms with Gasteiger partial charge in [-0.15, -0.1) is 21.5 Å². The fourth-order valence-electron chi connectivity index (χ4n) is 1.62. The normalized spacial score (nSPS) is 11.1. The Bertz CT molecular complexity index is 799. The minimum absolute atomic E-state index is 0.265. The summed E-state index contributed by atoms with van der Waals surface area (Å²) in [5.41, 5.74) is 1.05. The number of ether oxygens (including phenoxy) is 1. The van der Waals surface area contributed by atoms with Gasteiger partial charge in [0.1, 0.15) is 5.01 Å². The van der Waals surface area contributed by atoms with Crippen LogP contribution in [0.2, 0.25) is 0 Å². The summed E-state index contributed by atoms with van der Waals surface area (Å²) in [5.74, 6) is -0.937. The van der Waals surface area contributed by atoms with Gasteiger partial charge in [-0.1, -0.05) is 11.3 Å². The molecule has 1 aromatic carbocycles. The molecule has 0 saturated carbocycles. The highest BCUT2D eigenvalue weighted by molar-refractivity contribution is 8.02. The maximum Gasteiger partial charge on any atom is 0.335 e. The van der Waals surface area contributed by atoms with Crippen LogP contribution in [-0.4, -0.2) is 33.4 Å². The van der Waals surface area contributed by atoms with E-state index in [1.165, 1.54) is 34.4 Å². The summed E-state index contributed by atoms with van der Waals surface area (Å²) in [4.78, 5) is 15.4. The first-order chi connectivity index (χ1) is 10.2. The first kappa shape index (κ1) is 14.4. The molecule has 0 amide bonds. The number of methoxy groups -OCH3 is 1. The van der Waals surface area contributed by atoms with Gasteiger partial charge in [0.05, 0.1) is 22.4 Å². The molecule has 21 heavy (non-hydrogen) atoms. The van der Waals surface area contributed by atoms with Crippen LogP contribution in [0.4, 0.5) is 0 Å². The SMILES string of the molecule is COCc1nnc(Sc2nc3ccc(C(=O)O)cc3s2)s1. The standard InChI is InChI=1S/C12H9N3O3S3/c1-18-5-9-14-15-12(20-9)21-11-13-7-3-2-6(10(16)17)4-8(7)19-11/h2-4H,5H2,1H3,(H,16,17). The molecule has 108 valence electrons. The molecular weight excluding hydrogens is 330 g/mol. The quantitative estimate of drug-likeness (QED) is 0.764. The van der Waals surface area contributed by atoms with Crippen molar-refractivity contribution >= 4 is 50.6 Å². The van der Waals surface area contributed by atoms with Gasteiger partial charge in [-0.3, -0.25) is 0 Å². The number of hydrogen-bond acceptors (Lipinski definition) is 8. The van der Waals surface area contributed by atoms with E-state index in [1.54, 1.807) is 25.3 Å². The van der Waals surface area contributed by atoms with Crippen molar-refractivity contribution in [2.45, 2.75) is 15.3 Å². The molecule has 1 N–H and O–H groups in total. The van der Waals surface area contributed by atoms with E-state index in [-0.39, 0.29) is 5.56 Å². The zero-order valence-corrected chi connectivity index (χ0v) is 13.2. The van der Waals surface area contributed by atoms with Crippen LogP contribution in [0.15, 0.2) is 26.9 Å². The van der Waals surface area contributed by atoms with E-state index in [0.29, 0.717) is 6.61 Å². The molecule has 0 saturated heterocycles. The summed E-state index contributed by atoms with van der Waals surface area (Å²) in [6.07, 6.45) is 0. The minimum Gasteiger partial charge on any atom is -0.478 e. The lowest BCUT2D eigenvalue weighted by molar-refractivity contribution is 0.0697. The third kappa shape index (κ3) is 3.21. The van der Waals surface area contributed by atoms with Gasteiger partial charge in [0, 0.05) is 7.11 Å². The Labute approximate surface area is 131 Å². The van der Waals surface area contributed by atoms with Crippen molar-refractivity contribution in [3.8, 4) is 0 Å². The van der Waals surface area contributed by atoms with Crippen molar-refractivity contribution in [2.24, 2.45) is 0 Å². The predicted molar refractivity (Wildman–Crippen MR) is 81.3 cm³/mol. The smallest absolute Gasteiger partial charge is 0.335 e. The number of rotatable bonds is 5. The molecule has 0 aliphatic heterocycles. The van der Waals surface area contributed by atoms with Crippen LogP contribution in [0.3, 0.4) is 0 Å². The Morgan fingerprint density at radius 3 is 2.95 bits per heavy atom. The lowest BCUT2D eigenvalue weighted by Gasteiger charge is -1.91. The van der Waals surface area contributed by atoms with Gasteiger partial charge in [-0.05, 0) is 30.0 Å². The largest absolute Gasteiger partial charge is 0.478 e. The number of carboxylic acids is 1. The van der Waals surface area contributed by atoms with Gasteiger partial charge in [-0.2, -0.15) is 0 Å². The average Bonchev–Trinajstić information content (AvgIpc) is 3.04. The fraction of sp³-hybridized carbons (Fsp3) is 0.167. The minimum atomic E-state index is -0.937. The monoisotopic (exact) mass is 339 g/mol. The Balaban J connectivity index is 1.84. The van der Waals surface area contributed by atoms with E-state index >= 15 is 0 Å². The molecule has 0 radical (unpaired) electrons. The van der Waals surface area contributed by atoms with Crippen molar-refractivity contribution in [3.05, 3.63) is 28.8 Å². The van der Waals surface area contributed by atoms with Gasteiger partial charge in [-0.25, -0.2) is 9.78 Å². The van der Waals surface area contributed by atoms with E-state index in [9.17, 15) is 4.79 Å². The lowest BCUT2D eigenvalue weighted by Crippen LogP contribution is -1.94. The number of benzene rings is 1. The maximum atomic E-state index is 11.0. The molecule has 2 heterocycles. The topological polar surface area (TPSA) is 85.2 Å². The van der Waals surface area contributed by atoms with Crippen LogP contribution in [0.1, 0.15) is 15.4 Å². The summed E-state index contributed by atoms with van der Waals surface area (Å²) in [7, 11) is 1.61. The molecule has 0 aliphatic rings. The number of hydrogen-bond donors (Lipinski definition) is 1. The molecular formula is C12H9N3O3S3. The number of carboxylic acid groups (broad SMARTS) is 1. The third-order valence-corrected chi connectivity index (χ3v) is 5.53. The zero-order valence-electron chi connectivity index (χ0n) is 10.8. The van der Waals surface area contributed by atoms with Crippen LogP contribution >= 0.6 is 34.4 Å². The number of thiazole rings is 1. The van der Waals surface area contributed by atoms with Gasteiger partial charge < -0.3 is 9.84 Å². The van der Waals surface area contributed by atoms with E-state index in [4.69, 9.17) is 9.84 Å². The highest BCUT2D eigenvalue weighted by Crippen LogP contribution is 2.36. The first-order valence-corrected chi connectivity index (χ1v) is 8.23. The van der Waals surface area contributed by atoms with Gasteiger partial charge >= 0.3 is 5.97 Å². The first-order valence-electron chi connectivity index (χ1n) is 5.79. The highest BCUT2D eigenvalue weighted by atomic mass is 32.2. The summed E-state index contributed by atoms with van der Waals surface area (Å²) in [6.45, 7) is 0.444. The summed E-state index contributed by atoms with van der Waals surface area (Å²) < 4.78 is 7.46. The van der Waals surface area contributed by atoms with Gasteiger partial charge in [0.25, 0.3) is 0 Å². The van der Waals surface area contributed by atoms with E-state index in [2.05, 4.69) is 15.2 Å². The van der Waals surface area contributed by atoms with Crippen molar-refractivity contribution in [2.75, 3.05) is 7.11 Å². The molecule has 3 rings (SSSR count). The molecule has 6 nitrogen and oxygen atoms in total. The summed E-state index contributed by atoms with van der Waals surface area (Å²) in [5, 5.41) is 17.9. The Morgan fingerprint density at radius 1 is 1.33 bits per heavy atom. The molecule has 0 fully saturated rings. The Morgan fingerprint density at radius 2 is 2.19 bits per heavy atom. The van der Waals surface area contributed by atoms with E-state index in [0.717, 1.165) is 23.9 Å². The van der Waals surface area contributed by atoms with Crippen LogP contribution in [0.5, 0.6) is 0 Å². The average molecular weight is 339 g/mol. The summed E-state index contributed by atoms with van der Waals surface area (Å²) in [6, 6.07) is 4.91. The Hall–Kier alpha value is -1.55. The van der Waals surface area contributed by atoms with Gasteiger partial charge in [0.15, 0.2) is 8.68 Å². The molecule has 0 unspecified atom stereocenters. The maximum absolute atomic E-state index is 11.0. The van der Waals surface area contributed by atoms with E-state index < -0.39 is 5.97 Å². The molecule has 2 aromatic heterocycles. The second kappa shape index (κ2) is 6.06. The second-order valence-electron chi connectivity index (χ2n) is 3.96. The lowest BCUT2D eigenvalue weighted by atomic mass is 10.2. The molecule has 0 atom stereocenters. The zero-order chi connectivity index (χ0) is 14.8. The Kier molecular flexibility index (Phi) is 4.15.